The summed E-state index contributed by atoms with van der Waals surface area (Å²) in [6.45, 7) is 6.00. The van der Waals surface area contributed by atoms with Gasteiger partial charge in [-0.1, -0.05) is 18.6 Å². The molecule has 0 saturated carbocycles. The summed E-state index contributed by atoms with van der Waals surface area (Å²) in [5.74, 6) is 1.12. The smallest absolute Gasteiger partial charge is 0.149 e. The molecule has 0 amide bonds. The molecule has 2 N–H and O–H groups in total. The van der Waals surface area contributed by atoms with E-state index in [1.807, 2.05) is 13.0 Å². The molecule has 0 heterocycles. The van der Waals surface area contributed by atoms with Crippen molar-refractivity contribution in [2.24, 2.45) is 0 Å². The molecule has 0 unspecified atom stereocenters. The van der Waals surface area contributed by atoms with E-state index >= 15 is 0 Å². The summed E-state index contributed by atoms with van der Waals surface area (Å²) in [7, 11) is 0. The molecule has 0 aromatic heterocycles. The molecule has 2 nitrogen and oxygen atoms in total. The predicted molar refractivity (Wildman–Crippen MR) is 87.2 cm³/mol. The van der Waals surface area contributed by atoms with Gasteiger partial charge in [0.15, 0.2) is 0 Å². The van der Waals surface area contributed by atoms with Crippen molar-refractivity contribution in [1.82, 2.24) is 0 Å². The van der Waals surface area contributed by atoms with Crippen molar-refractivity contribution in [3.8, 4) is 12.3 Å². The average Bonchev–Trinajstić information content (AvgIpc) is 2.47. The third-order valence-electron chi connectivity index (χ3n) is 3.35. The first-order valence-corrected chi connectivity index (χ1v) is 6.65. The zero-order valence-corrected chi connectivity index (χ0v) is 12.2. The van der Waals surface area contributed by atoms with E-state index in [0.717, 1.165) is 17.2 Å². The molecule has 0 fully saturated rings. The van der Waals surface area contributed by atoms with E-state index in [9.17, 15) is 8.78 Å². The third-order valence-corrected chi connectivity index (χ3v) is 3.35. The first kappa shape index (κ1) is 15.6. The SMILES string of the molecule is C#CCN(C(=C)c1cc(N)ccc1C)c1ccc(F)cc1F. The number of nitrogens with two attached hydrogens (primary N) is 1. The second-order valence-electron chi connectivity index (χ2n) is 4.91. The normalized spacial score (nSPS) is 10.1. The molecular weight excluding hydrogens is 282 g/mol. The lowest BCUT2D eigenvalue weighted by molar-refractivity contribution is 0.583. The zero-order valence-electron chi connectivity index (χ0n) is 12.2. The Balaban J connectivity index is 2.50. The maximum Gasteiger partial charge on any atom is 0.149 e. The van der Waals surface area contributed by atoms with Crippen molar-refractivity contribution in [1.29, 1.82) is 0 Å². The number of aryl methyl sites for hydroxylation is 1. The number of hydrogen-bond donors (Lipinski definition) is 1. The molecule has 2 aromatic carbocycles. The van der Waals surface area contributed by atoms with Gasteiger partial charge in [0, 0.05) is 23.0 Å². The number of nitrogens with zero attached hydrogens (tertiary/aromatic N) is 1. The van der Waals surface area contributed by atoms with E-state index in [1.54, 1.807) is 12.1 Å². The van der Waals surface area contributed by atoms with E-state index in [0.29, 0.717) is 11.4 Å². The van der Waals surface area contributed by atoms with Gasteiger partial charge in [-0.2, -0.15) is 0 Å². The van der Waals surface area contributed by atoms with Gasteiger partial charge in [0.25, 0.3) is 0 Å². The van der Waals surface area contributed by atoms with Crippen molar-refractivity contribution < 1.29 is 8.78 Å². The summed E-state index contributed by atoms with van der Waals surface area (Å²) in [5, 5.41) is 0. The number of terminal acetylenes is 1. The molecule has 4 heteroatoms. The van der Waals surface area contributed by atoms with Gasteiger partial charge in [-0.15, -0.1) is 6.42 Å². The highest BCUT2D eigenvalue weighted by atomic mass is 19.1. The van der Waals surface area contributed by atoms with Crippen LogP contribution in [0.5, 0.6) is 0 Å². The third kappa shape index (κ3) is 3.09. The summed E-state index contributed by atoms with van der Waals surface area (Å²) in [6, 6.07) is 8.72. The van der Waals surface area contributed by atoms with Gasteiger partial charge in [-0.25, -0.2) is 8.78 Å². The number of benzene rings is 2. The molecule has 2 aromatic rings. The molecule has 2 rings (SSSR count). The Bertz CT molecular complexity index is 760. The van der Waals surface area contributed by atoms with Gasteiger partial charge < -0.3 is 10.6 Å². The first-order valence-electron chi connectivity index (χ1n) is 6.65. The highest BCUT2D eigenvalue weighted by Gasteiger charge is 2.17. The molecule has 0 radical (unpaired) electrons. The minimum atomic E-state index is -0.696. The molecule has 0 bridgehead atoms. The molecule has 112 valence electrons. The lowest BCUT2D eigenvalue weighted by Crippen LogP contribution is -2.23. The van der Waals surface area contributed by atoms with Gasteiger partial charge in [0.2, 0.25) is 0 Å². The number of rotatable bonds is 4. The van der Waals surface area contributed by atoms with Crippen LogP contribution in [-0.4, -0.2) is 6.54 Å². The fourth-order valence-corrected chi connectivity index (χ4v) is 2.21. The molecule has 0 saturated heterocycles. The van der Waals surface area contributed by atoms with Gasteiger partial charge in [-0.05, 0) is 36.8 Å². The van der Waals surface area contributed by atoms with Crippen molar-refractivity contribution in [2.75, 3.05) is 17.2 Å². The lowest BCUT2D eigenvalue weighted by atomic mass is 10.0. The van der Waals surface area contributed by atoms with E-state index in [1.165, 1.54) is 17.0 Å². The van der Waals surface area contributed by atoms with Crippen LogP contribution in [0.1, 0.15) is 11.1 Å². The van der Waals surface area contributed by atoms with Crippen molar-refractivity contribution in [3.63, 3.8) is 0 Å². The quantitative estimate of drug-likeness (QED) is 0.683. The maximum atomic E-state index is 14.1. The molecule has 0 aliphatic rings. The van der Waals surface area contributed by atoms with E-state index in [2.05, 4.69) is 12.5 Å². The Hall–Kier alpha value is -2.80. The Morgan fingerprint density at radius 2 is 2.00 bits per heavy atom. The summed E-state index contributed by atoms with van der Waals surface area (Å²) in [6.07, 6.45) is 5.38. The van der Waals surface area contributed by atoms with Crippen molar-refractivity contribution in [3.05, 3.63) is 65.7 Å². The lowest BCUT2D eigenvalue weighted by Gasteiger charge is -2.26. The largest absolute Gasteiger partial charge is 0.399 e. The van der Waals surface area contributed by atoms with Gasteiger partial charge in [-0.3, -0.25) is 0 Å². The topological polar surface area (TPSA) is 29.3 Å². The molecule has 22 heavy (non-hydrogen) atoms. The molecule has 0 atom stereocenters. The van der Waals surface area contributed by atoms with E-state index in [-0.39, 0.29) is 12.2 Å². The van der Waals surface area contributed by atoms with Crippen LogP contribution in [0, 0.1) is 30.9 Å². The van der Waals surface area contributed by atoms with E-state index < -0.39 is 11.6 Å². The Labute approximate surface area is 128 Å². The molecule has 0 aliphatic carbocycles. The monoisotopic (exact) mass is 298 g/mol. The standard InChI is InChI=1S/C18H16F2N2/c1-4-9-22(18-8-6-14(19)10-17(18)20)13(3)16-11-15(21)7-5-12(16)2/h1,5-8,10-11H,3,9,21H2,2H3. The number of hydrogen-bond acceptors (Lipinski definition) is 2. The summed E-state index contributed by atoms with van der Waals surface area (Å²) in [5.41, 5.74) is 8.75. The second-order valence-corrected chi connectivity index (χ2v) is 4.91. The fraction of sp³-hybridized carbons (Fsp3) is 0.111. The maximum absolute atomic E-state index is 14.1. The summed E-state index contributed by atoms with van der Waals surface area (Å²) < 4.78 is 27.2. The van der Waals surface area contributed by atoms with Crippen LogP contribution in [0.2, 0.25) is 0 Å². The van der Waals surface area contributed by atoms with Gasteiger partial charge in [0.1, 0.15) is 11.6 Å². The summed E-state index contributed by atoms with van der Waals surface area (Å²) in [4.78, 5) is 1.52. The van der Waals surface area contributed by atoms with Crippen LogP contribution >= 0.6 is 0 Å². The number of anilines is 2. The highest BCUT2D eigenvalue weighted by molar-refractivity contribution is 5.81. The van der Waals surface area contributed by atoms with Crippen LogP contribution < -0.4 is 10.6 Å². The Morgan fingerprint density at radius 3 is 2.64 bits per heavy atom. The highest BCUT2D eigenvalue weighted by Crippen LogP contribution is 2.30. The minimum absolute atomic E-state index is 0.107. The fourth-order valence-electron chi connectivity index (χ4n) is 2.21. The number of nitrogen functional groups attached to an aromatic ring is 1. The molecule has 0 spiro atoms. The predicted octanol–water partition coefficient (Wildman–Crippen LogP) is 3.97. The van der Waals surface area contributed by atoms with Crippen molar-refractivity contribution in [2.45, 2.75) is 6.92 Å². The Morgan fingerprint density at radius 1 is 1.27 bits per heavy atom. The first-order chi connectivity index (χ1) is 10.4. The van der Waals surface area contributed by atoms with Crippen LogP contribution in [0.15, 0.2) is 43.0 Å². The summed E-state index contributed by atoms with van der Waals surface area (Å²) >= 11 is 0. The average molecular weight is 298 g/mol. The number of halogens is 2. The van der Waals surface area contributed by atoms with Gasteiger partial charge >= 0.3 is 0 Å². The second kappa shape index (κ2) is 6.31. The van der Waals surface area contributed by atoms with Crippen LogP contribution in [0.3, 0.4) is 0 Å². The van der Waals surface area contributed by atoms with E-state index in [4.69, 9.17) is 12.2 Å². The minimum Gasteiger partial charge on any atom is -0.399 e. The van der Waals surface area contributed by atoms with Gasteiger partial charge in [0.05, 0.1) is 12.2 Å². The molecule has 0 aliphatic heterocycles. The zero-order chi connectivity index (χ0) is 16.3. The van der Waals surface area contributed by atoms with Crippen molar-refractivity contribution >= 4 is 17.1 Å². The van der Waals surface area contributed by atoms with Crippen LogP contribution in [0.25, 0.3) is 5.70 Å². The van der Waals surface area contributed by atoms with Crippen LogP contribution in [-0.2, 0) is 0 Å². The molecular formula is C18H16F2N2. The van der Waals surface area contributed by atoms with Crippen LogP contribution in [0.4, 0.5) is 20.2 Å². The Kier molecular flexibility index (Phi) is 4.47.